The highest BCUT2D eigenvalue weighted by molar-refractivity contribution is 5.85. The molecule has 31 heavy (non-hydrogen) atoms. The molecule has 1 atom stereocenters. The second-order valence-corrected chi connectivity index (χ2v) is 8.62. The molecule has 1 aliphatic carbocycles. The first kappa shape index (κ1) is 26.0. The molecule has 0 spiro atoms. The van der Waals surface area contributed by atoms with Crippen LogP contribution in [0.1, 0.15) is 43.6 Å². The summed E-state index contributed by atoms with van der Waals surface area (Å²) in [5.74, 6) is 1.02. The number of ether oxygens (including phenoxy) is 1. The second-order valence-electron chi connectivity index (χ2n) is 8.62. The van der Waals surface area contributed by atoms with Gasteiger partial charge in [-0.3, -0.25) is 0 Å². The Hall–Kier alpha value is -1.30. The Morgan fingerprint density at radius 3 is 2.29 bits per heavy atom. The van der Waals surface area contributed by atoms with Crippen molar-refractivity contribution >= 4 is 24.8 Å². The fourth-order valence-electron chi connectivity index (χ4n) is 4.99. The van der Waals surface area contributed by atoms with Crippen LogP contribution in [0.3, 0.4) is 0 Å². The van der Waals surface area contributed by atoms with Crippen molar-refractivity contribution in [3.05, 3.63) is 54.1 Å². The number of benzene rings is 2. The summed E-state index contributed by atoms with van der Waals surface area (Å²) in [6.45, 7) is 5.12. The number of piperazine rings is 1. The van der Waals surface area contributed by atoms with Gasteiger partial charge in [0.05, 0.1) is 12.7 Å². The number of hydrogen-bond acceptors (Lipinski definition) is 4. The average Bonchev–Trinajstić information content (AvgIpc) is 2.79. The molecule has 1 heterocycles. The third kappa shape index (κ3) is 6.36. The monoisotopic (exact) mass is 466 g/mol. The van der Waals surface area contributed by atoms with E-state index in [1.165, 1.54) is 17.5 Å². The lowest BCUT2D eigenvalue weighted by molar-refractivity contribution is -0.0316. The summed E-state index contributed by atoms with van der Waals surface area (Å²) < 4.78 is 5.41. The first-order chi connectivity index (χ1) is 14.2. The largest absolute Gasteiger partial charge is 0.497 e. The molecule has 0 aromatic heterocycles. The number of rotatable bonds is 6. The summed E-state index contributed by atoms with van der Waals surface area (Å²) in [6, 6.07) is 17.0. The molecule has 1 saturated carbocycles. The van der Waals surface area contributed by atoms with Gasteiger partial charge in [-0.1, -0.05) is 55.7 Å². The molecule has 0 amide bonds. The lowest BCUT2D eigenvalue weighted by atomic mass is 9.72. The van der Waals surface area contributed by atoms with E-state index in [9.17, 15) is 5.11 Å². The first-order valence-electron chi connectivity index (χ1n) is 11.1. The lowest BCUT2D eigenvalue weighted by Crippen LogP contribution is -2.49. The van der Waals surface area contributed by atoms with E-state index in [0.29, 0.717) is 0 Å². The summed E-state index contributed by atoms with van der Waals surface area (Å²) in [7, 11) is 1.71. The maximum absolute atomic E-state index is 11.7. The van der Waals surface area contributed by atoms with Crippen LogP contribution in [0.2, 0.25) is 0 Å². The Bertz CT molecular complexity index is 806. The summed E-state index contributed by atoms with van der Waals surface area (Å²) in [4.78, 5) is 2.52. The summed E-state index contributed by atoms with van der Waals surface area (Å²) in [5.41, 5.74) is 3.00. The summed E-state index contributed by atoms with van der Waals surface area (Å²) in [6.07, 6.45) is 5.32. The Morgan fingerprint density at radius 1 is 0.968 bits per heavy atom. The maximum atomic E-state index is 11.7. The third-order valence-electron chi connectivity index (χ3n) is 6.71. The second kappa shape index (κ2) is 12.1. The minimum Gasteiger partial charge on any atom is -0.497 e. The molecule has 4 nitrogen and oxygen atoms in total. The van der Waals surface area contributed by atoms with Gasteiger partial charge in [-0.25, -0.2) is 0 Å². The van der Waals surface area contributed by atoms with Gasteiger partial charge in [-0.2, -0.15) is 0 Å². The van der Waals surface area contributed by atoms with Crippen molar-refractivity contribution in [2.45, 2.75) is 43.6 Å². The molecule has 2 aromatic rings. The molecule has 1 saturated heterocycles. The molecule has 172 valence electrons. The molecule has 0 radical (unpaired) electrons. The van der Waals surface area contributed by atoms with Crippen molar-refractivity contribution < 1.29 is 9.84 Å². The van der Waals surface area contributed by atoms with Gasteiger partial charge in [0, 0.05) is 38.6 Å². The van der Waals surface area contributed by atoms with E-state index in [1.54, 1.807) is 7.11 Å². The van der Waals surface area contributed by atoms with Gasteiger partial charge in [0.2, 0.25) is 0 Å². The fraction of sp³-hybridized carbons (Fsp3) is 0.520. The van der Waals surface area contributed by atoms with Crippen LogP contribution >= 0.6 is 24.8 Å². The molecular weight excluding hydrogens is 431 g/mol. The topological polar surface area (TPSA) is 44.7 Å². The minimum absolute atomic E-state index is 0. The van der Waals surface area contributed by atoms with Crippen LogP contribution < -0.4 is 10.1 Å². The van der Waals surface area contributed by atoms with Crippen LogP contribution in [0.4, 0.5) is 0 Å². The van der Waals surface area contributed by atoms with Gasteiger partial charge in [0.15, 0.2) is 0 Å². The molecule has 2 fully saturated rings. The van der Waals surface area contributed by atoms with Crippen LogP contribution in [-0.4, -0.2) is 55.4 Å². The molecule has 0 bridgehead atoms. The number of nitrogens with zero attached hydrogens (tertiary/aromatic N) is 1. The molecule has 2 aromatic carbocycles. The van der Waals surface area contributed by atoms with Crippen LogP contribution in [0.25, 0.3) is 11.1 Å². The fourth-order valence-corrected chi connectivity index (χ4v) is 4.99. The smallest absolute Gasteiger partial charge is 0.119 e. The lowest BCUT2D eigenvalue weighted by Gasteiger charge is -2.42. The molecule has 1 unspecified atom stereocenters. The number of aliphatic hydroxyl groups is 1. The van der Waals surface area contributed by atoms with E-state index in [1.807, 2.05) is 12.1 Å². The number of nitrogens with one attached hydrogen (secondary N) is 1. The van der Waals surface area contributed by atoms with Crippen LogP contribution in [0.15, 0.2) is 48.5 Å². The van der Waals surface area contributed by atoms with E-state index in [-0.39, 0.29) is 30.7 Å². The zero-order valence-electron chi connectivity index (χ0n) is 18.4. The van der Waals surface area contributed by atoms with E-state index < -0.39 is 5.60 Å². The maximum Gasteiger partial charge on any atom is 0.119 e. The summed E-state index contributed by atoms with van der Waals surface area (Å²) >= 11 is 0. The van der Waals surface area contributed by atoms with Crippen LogP contribution in [0.5, 0.6) is 5.75 Å². The molecule has 4 rings (SSSR count). The quantitative estimate of drug-likeness (QED) is 0.635. The van der Waals surface area contributed by atoms with E-state index in [0.717, 1.165) is 69.7 Å². The van der Waals surface area contributed by atoms with Crippen molar-refractivity contribution in [1.82, 2.24) is 10.2 Å². The Kier molecular flexibility index (Phi) is 10.1. The van der Waals surface area contributed by atoms with E-state index >= 15 is 0 Å². The Balaban J connectivity index is 0.00000171. The zero-order chi connectivity index (χ0) is 20.1. The minimum atomic E-state index is -0.601. The molecule has 6 heteroatoms. The van der Waals surface area contributed by atoms with Crippen molar-refractivity contribution in [2.75, 3.05) is 39.8 Å². The normalized spacial score (nSPS) is 19.5. The highest BCUT2D eigenvalue weighted by atomic mass is 35.5. The van der Waals surface area contributed by atoms with Crippen molar-refractivity contribution in [3.8, 4) is 16.9 Å². The van der Waals surface area contributed by atoms with Gasteiger partial charge >= 0.3 is 0 Å². The third-order valence-corrected chi connectivity index (χ3v) is 6.71. The molecule has 2 N–H and O–H groups in total. The highest BCUT2D eigenvalue weighted by Crippen LogP contribution is 2.41. The average molecular weight is 467 g/mol. The van der Waals surface area contributed by atoms with E-state index in [4.69, 9.17) is 4.74 Å². The van der Waals surface area contributed by atoms with E-state index in [2.05, 4.69) is 46.6 Å². The summed E-state index contributed by atoms with van der Waals surface area (Å²) in [5, 5.41) is 15.1. The van der Waals surface area contributed by atoms with Crippen LogP contribution in [0, 0.1) is 0 Å². The zero-order valence-corrected chi connectivity index (χ0v) is 20.0. The standard InChI is InChI=1S/C25H34N2O2.2ClH/c1-29-23-10-6-8-21(18-23)20-7-5-9-22(17-20)24(19-27-15-13-26-14-16-27)25(28)11-3-2-4-12-25;;/h5-10,17-18,24,26,28H,2-4,11-16,19H2,1H3;2*1H. The van der Waals surface area contributed by atoms with Crippen LogP contribution in [-0.2, 0) is 0 Å². The predicted octanol–water partition coefficient (Wildman–Crippen LogP) is 4.89. The SMILES string of the molecule is COc1cccc(-c2cccc(C(CN3CCNCC3)C3(O)CCCCC3)c2)c1.Cl.Cl. The Labute approximate surface area is 199 Å². The highest BCUT2D eigenvalue weighted by Gasteiger charge is 2.39. The van der Waals surface area contributed by atoms with Crippen molar-refractivity contribution in [1.29, 1.82) is 0 Å². The van der Waals surface area contributed by atoms with Gasteiger partial charge in [0.1, 0.15) is 5.75 Å². The van der Waals surface area contributed by atoms with Gasteiger partial charge < -0.3 is 20.1 Å². The number of halogens is 2. The number of hydrogen-bond donors (Lipinski definition) is 2. The predicted molar refractivity (Wildman–Crippen MR) is 133 cm³/mol. The Morgan fingerprint density at radius 2 is 1.61 bits per heavy atom. The number of methoxy groups -OCH3 is 1. The van der Waals surface area contributed by atoms with Crippen molar-refractivity contribution in [3.63, 3.8) is 0 Å². The van der Waals surface area contributed by atoms with Crippen molar-refractivity contribution in [2.24, 2.45) is 0 Å². The van der Waals surface area contributed by atoms with Gasteiger partial charge in [-0.05, 0) is 41.7 Å². The molecule has 2 aliphatic rings. The molecule has 1 aliphatic heterocycles. The van der Waals surface area contributed by atoms with Gasteiger partial charge in [-0.15, -0.1) is 24.8 Å². The molecular formula is C25H36Cl2N2O2. The first-order valence-corrected chi connectivity index (χ1v) is 11.1. The van der Waals surface area contributed by atoms with Gasteiger partial charge in [0.25, 0.3) is 0 Å².